The molecule has 1 aromatic rings. The lowest BCUT2D eigenvalue weighted by atomic mass is 10.0. The maximum absolute atomic E-state index is 12.5. The fourth-order valence-electron chi connectivity index (χ4n) is 2.34. The van der Waals surface area contributed by atoms with Crippen LogP contribution >= 0.6 is 15.9 Å². The molecular weight excluding hydrogens is 326 g/mol. The van der Waals surface area contributed by atoms with Crippen LogP contribution in [0.5, 0.6) is 0 Å². The fourth-order valence-corrected chi connectivity index (χ4v) is 2.88. The van der Waals surface area contributed by atoms with Crippen molar-refractivity contribution in [2.75, 3.05) is 20.1 Å². The van der Waals surface area contributed by atoms with Crippen molar-refractivity contribution in [3.63, 3.8) is 0 Å². The first-order valence-electron chi connectivity index (χ1n) is 6.42. The molecule has 0 radical (unpaired) electrons. The Morgan fingerprint density at radius 3 is 2.65 bits per heavy atom. The summed E-state index contributed by atoms with van der Waals surface area (Å²) in [5.74, 6) is -0.112. The Kier molecular flexibility index (Phi) is 4.72. The second-order valence-corrected chi connectivity index (χ2v) is 5.67. The molecule has 1 N–H and O–H groups in total. The van der Waals surface area contributed by atoms with Crippen LogP contribution in [0.4, 0.5) is 5.69 Å². The third-order valence-electron chi connectivity index (χ3n) is 3.57. The zero-order valence-electron chi connectivity index (χ0n) is 11.1. The van der Waals surface area contributed by atoms with Crippen LogP contribution in [0.25, 0.3) is 0 Å². The Bertz CT molecular complexity index is 530. The minimum absolute atomic E-state index is 0.0297. The molecule has 1 aliphatic heterocycles. The molecule has 6 nitrogen and oxygen atoms in total. The van der Waals surface area contributed by atoms with E-state index >= 15 is 0 Å². The minimum Gasteiger partial charge on any atom is -0.339 e. The number of carbonyl (C=O) groups is 1. The molecule has 0 unspecified atom stereocenters. The van der Waals surface area contributed by atoms with Gasteiger partial charge in [0.05, 0.1) is 10.5 Å². The number of nitro groups is 1. The molecule has 0 aliphatic carbocycles. The summed E-state index contributed by atoms with van der Waals surface area (Å²) < 4.78 is 0.456. The monoisotopic (exact) mass is 341 g/mol. The molecule has 20 heavy (non-hydrogen) atoms. The molecule has 0 atom stereocenters. The first-order valence-corrected chi connectivity index (χ1v) is 7.22. The van der Waals surface area contributed by atoms with Crippen LogP contribution in [0.3, 0.4) is 0 Å². The quantitative estimate of drug-likeness (QED) is 0.675. The third-order valence-corrected chi connectivity index (χ3v) is 4.23. The van der Waals surface area contributed by atoms with Gasteiger partial charge in [-0.3, -0.25) is 14.9 Å². The standard InChI is InChI=1S/C13H16BrN3O3/c1-16(9-4-6-15-7-5-9)13(18)11-3-2-10(17(19)20)8-12(11)14/h2-3,8-9,15H,4-7H2,1H3. The van der Waals surface area contributed by atoms with Gasteiger partial charge in [-0.05, 0) is 47.9 Å². The first-order chi connectivity index (χ1) is 9.50. The number of hydrogen-bond donors (Lipinski definition) is 1. The lowest BCUT2D eigenvalue weighted by Crippen LogP contribution is -2.44. The highest BCUT2D eigenvalue weighted by atomic mass is 79.9. The smallest absolute Gasteiger partial charge is 0.270 e. The van der Waals surface area contributed by atoms with Gasteiger partial charge < -0.3 is 10.2 Å². The van der Waals surface area contributed by atoms with Crippen molar-refractivity contribution in [3.05, 3.63) is 38.3 Å². The number of rotatable bonds is 3. The average Bonchev–Trinajstić information content (AvgIpc) is 2.46. The number of piperidine rings is 1. The Balaban J connectivity index is 2.17. The lowest BCUT2D eigenvalue weighted by Gasteiger charge is -2.31. The number of nitrogens with zero attached hydrogens (tertiary/aromatic N) is 2. The summed E-state index contributed by atoms with van der Waals surface area (Å²) in [7, 11) is 1.78. The molecule has 7 heteroatoms. The molecule has 1 aromatic carbocycles. The number of nitrogens with one attached hydrogen (secondary N) is 1. The minimum atomic E-state index is -0.477. The molecule has 1 saturated heterocycles. The van der Waals surface area contributed by atoms with E-state index in [1.54, 1.807) is 11.9 Å². The fraction of sp³-hybridized carbons (Fsp3) is 0.462. The van der Waals surface area contributed by atoms with E-state index in [4.69, 9.17) is 0 Å². The molecule has 1 fully saturated rings. The van der Waals surface area contributed by atoms with E-state index in [2.05, 4.69) is 21.2 Å². The van der Waals surface area contributed by atoms with Gasteiger partial charge in [-0.2, -0.15) is 0 Å². The maximum Gasteiger partial charge on any atom is 0.270 e. The van der Waals surface area contributed by atoms with Gasteiger partial charge in [-0.1, -0.05) is 0 Å². The number of amides is 1. The van der Waals surface area contributed by atoms with E-state index in [0.29, 0.717) is 10.0 Å². The normalized spacial score (nSPS) is 15.9. The predicted molar refractivity (Wildman–Crippen MR) is 78.8 cm³/mol. The van der Waals surface area contributed by atoms with E-state index in [1.807, 2.05) is 0 Å². The highest BCUT2D eigenvalue weighted by molar-refractivity contribution is 9.10. The van der Waals surface area contributed by atoms with E-state index in [-0.39, 0.29) is 17.6 Å². The van der Waals surface area contributed by atoms with Gasteiger partial charge in [-0.15, -0.1) is 0 Å². The van der Waals surface area contributed by atoms with Crippen molar-refractivity contribution in [2.24, 2.45) is 0 Å². The summed E-state index contributed by atoms with van der Waals surface area (Å²) >= 11 is 3.24. The van der Waals surface area contributed by atoms with E-state index in [0.717, 1.165) is 25.9 Å². The molecule has 1 heterocycles. The Morgan fingerprint density at radius 2 is 2.10 bits per heavy atom. The molecule has 108 valence electrons. The SMILES string of the molecule is CN(C(=O)c1ccc([N+](=O)[O-])cc1Br)C1CCNCC1. The molecule has 0 bridgehead atoms. The van der Waals surface area contributed by atoms with Crippen LogP contribution in [-0.2, 0) is 0 Å². The number of halogens is 1. The average molecular weight is 342 g/mol. The molecule has 0 aromatic heterocycles. The first kappa shape index (κ1) is 14.9. The Hall–Kier alpha value is -1.47. The van der Waals surface area contributed by atoms with Crippen LogP contribution in [0.2, 0.25) is 0 Å². The summed E-state index contributed by atoms with van der Waals surface area (Å²) in [4.78, 5) is 24.4. The van der Waals surface area contributed by atoms with Crippen molar-refractivity contribution < 1.29 is 9.72 Å². The summed E-state index contributed by atoms with van der Waals surface area (Å²) in [6.45, 7) is 1.81. The van der Waals surface area contributed by atoms with Crippen molar-refractivity contribution in [1.82, 2.24) is 10.2 Å². The number of non-ortho nitro benzene ring substituents is 1. The molecule has 1 amide bonds. The van der Waals surface area contributed by atoms with Gasteiger partial charge in [0, 0.05) is 29.7 Å². The summed E-state index contributed by atoms with van der Waals surface area (Å²) in [6.07, 6.45) is 1.85. The van der Waals surface area contributed by atoms with Crippen LogP contribution in [0.15, 0.2) is 22.7 Å². The van der Waals surface area contributed by atoms with Crippen LogP contribution < -0.4 is 5.32 Å². The zero-order chi connectivity index (χ0) is 14.7. The summed E-state index contributed by atoms with van der Waals surface area (Å²) in [5.41, 5.74) is 0.426. The van der Waals surface area contributed by atoms with Crippen LogP contribution in [0.1, 0.15) is 23.2 Å². The molecule has 2 rings (SSSR count). The van der Waals surface area contributed by atoms with E-state index < -0.39 is 4.92 Å². The molecule has 0 saturated carbocycles. The van der Waals surface area contributed by atoms with Gasteiger partial charge in [0.1, 0.15) is 0 Å². The lowest BCUT2D eigenvalue weighted by molar-refractivity contribution is -0.384. The van der Waals surface area contributed by atoms with Crippen molar-refractivity contribution in [2.45, 2.75) is 18.9 Å². The third kappa shape index (κ3) is 3.16. The van der Waals surface area contributed by atoms with Gasteiger partial charge in [0.15, 0.2) is 0 Å². The van der Waals surface area contributed by atoms with Gasteiger partial charge in [0.25, 0.3) is 11.6 Å². The van der Waals surface area contributed by atoms with Crippen molar-refractivity contribution >= 4 is 27.5 Å². The maximum atomic E-state index is 12.5. The molecular formula is C13H16BrN3O3. The number of hydrogen-bond acceptors (Lipinski definition) is 4. The Morgan fingerprint density at radius 1 is 1.45 bits per heavy atom. The van der Waals surface area contributed by atoms with E-state index in [1.165, 1.54) is 18.2 Å². The molecule has 1 aliphatic rings. The second kappa shape index (κ2) is 6.32. The van der Waals surface area contributed by atoms with Crippen molar-refractivity contribution in [3.8, 4) is 0 Å². The topological polar surface area (TPSA) is 75.5 Å². The second-order valence-electron chi connectivity index (χ2n) is 4.82. The number of nitro benzene ring substituents is 1. The van der Waals surface area contributed by atoms with E-state index in [9.17, 15) is 14.9 Å². The van der Waals surface area contributed by atoms with Crippen LogP contribution in [-0.4, -0.2) is 41.9 Å². The predicted octanol–water partition coefficient (Wildman–Crippen LogP) is 2.18. The van der Waals surface area contributed by atoms with Crippen molar-refractivity contribution in [1.29, 1.82) is 0 Å². The van der Waals surface area contributed by atoms with Gasteiger partial charge in [0.2, 0.25) is 0 Å². The highest BCUT2D eigenvalue weighted by Gasteiger charge is 2.24. The molecule has 0 spiro atoms. The van der Waals surface area contributed by atoms with Gasteiger partial charge in [-0.25, -0.2) is 0 Å². The van der Waals surface area contributed by atoms with Gasteiger partial charge >= 0.3 is 0 Å². The summed E-state index contributed by atoms with van der Waals surface area (Å²) in [5, 5.41) is 14.0. The van der Waals surface area contributed by atoms with Crippen LogP contribution in [0, 0.1) is 10.1 Å². The number of benzene rings is 1. The number of carbonyl (C=O) groups excluding carboxylic acids is 1. The largest absolute Gasteiger partial charge is 0.339 e. The highest BCUT2D eigenvalue weighted by Crippen LogP contribution is 2.25. The zero-order valence-corrected chi connectivity index (χ0v) is 12.7. The summed E-state index contributed by atoms with van der Waals surface area (Å²) in [6, 6.07) is 4.44. The Labute approximate surface area is 125 Å².